The lowest BCUT2D eigenvalue weighted by Crippen LogP contribution is -2.26. The molecule has 1 amide bonds. The first kappa shape index (κ1) is 17.2. The zero-order chi connectivity index (χ0) is 16.8. The molecule has 0 saturated heterocycles. The Hall–Kier alpha value is -2.14. The molecule has 0 saturated carbocycles. The maximum Gasteiger partial charge on any atom is 0.255 e. The summed E-state index contributed by atoms with van der Waals surface area (Å²) in [5, 5.41) is 0. The number of ether oxygens (including phenoxy) is 2. The molecule has 0 heterocycles. The van der Waals surface area contributed by atoms with Crippen molar-refractivity contribution in [1.82, 2.24) is 4.90 Å². The van der Waals surface area contributed by atoms with Gasteiger partial charge in [-0.25, -0.2) is 0 Å². The molecule has 2 aromatic carbocycles. The van der Waals surface area contributed by atoms with Crippen LogP contribution in [0.4, 0.5) is 0 Å². The highest BCUT2D eigenvalue weighted by molar-refractivity contribution is 7.98. The van der Waals surface area contributed by atoms with E-state index in [9.17, 15) is 4.79 Å². The standard InChI is InChI=1S/C18H21NO3S/c1-19(18(20)15-7-5-6-8-17(15)23-4)12-13-9-10-14(21-2)11-16(13)22-3/h5-11H,12H2,1-4H3. The second-order valence-corrected chi connectivity index (χ2v) is 5.89. The highest BCUT2D eigenvalue weighted by Crippen LogP contribution is 2.27. The second kappa shape index (κ2) is 7.92. The lowest BCUT2D eigenvalue weighted by molar-refractivity contribution is 0.0781. The third-order valence-electron chi connectivity index (χ3n) is 3.59. The summed E-state index contributed by atoms with van der Waals surface area (Å²) < 4.78 is 10.6. The monoisotopic (exact) mass is 331 g/mol. The first-order valence-electron chi connectivity index (χ1n) is 7.20. The van der Waals surface area contributed by atoms with Gasteiger partial charge in [0.2, 0.25) is 0 Å². The minimum atomic E-state index is -0.00665. The Morgan fingerprint density at radius 3 is 2.52 bits per heavy atom. The molecule has 0 aliphatic rings. The molecule has 0 N–H and O–H groups in total. The van der Waals surface area contributed by atoms with Crippen molar-refractivity contribution in [3.05, 3.63) is 53.6 Å². The maximum atomic E-state index is 12.7. The third-order valence-corrected chi connectivity index (χ3v) is 4.38. The van der Waals surface area contributed by atoms with Crippen molar-refractivity contribution < 1.29 is 14.3 Å². The van der Waals surface area contributed by atoms with Crippen LogP contribution in [-0.4, -0.2) is 38.3 Å². The molecule has 5 heteroatoms. The van der Waals surface area contributed by atoms with Crippen LogP contribution < -0.4 is 9.47 Å². The van der Waals surface area contributed by atoms with Crippen LogP contribution in [0, 0.1) is 0 Å². The number of amides is 1. The summed E-state index contributed by atoms with van der Waals surface area (Å²) in [6.45, 7) is 0.467. The highest BCUT2D eigenvalue weighted by atomic mass is 32.2. The lowest BCUT2D eigenvalue weighted by Gasteiger charge is -2.20. The molecule has 0 fully saturated rings. The van der Waals surface area contributed by atoms with E-state index in [0.717, 1.165) is 21.8 Å². The molecular formula is C18H21NO3S. The number of hydrogen-bond acceptors (Lipinski definition) is 4. The maximum absolute atomic E-state index is 12.7. The number of rotatable bonds is 6. The van der Waals surface area contributed by atoms with E-state index in [1.54, 1.807) is 37.9 Å². The largest absolute Gasteiger partial charge is 0.497 e. The van der Waals surface area contributed by atoms with Crippen molar-refractivity contribution >= 4 is 17.7 Å². The zero-order valence-electron chi connectivity index (χ0n) is 13.8. The van der Waals surface area contributed by atoms with Gasteiger partial charge in [0.15, 0.2) is 0 Å². The Labute approximate surface area is 141 Å². The second-order valence-electron chi connectivity index (χ2n) is 5.04. The molecule has 122 valence electrons. The van der Waals surface area contributed by atoms with Crippen LogP contribution in [0.5, 0.6) is 11.5 Å². The van der Waals surface area contributed by atoms with Crippen LogP contribution in [0.3, 0.4) is 0 Å². The van der Waals surface area contributed by atoms with Crippen molar-refractivity contribution in [3.8, 4) is 11.5 Å². The molecule has 0 bridgehead atoms. The summed E-state index contributed by atoms with van der Waals surface area (Å²) in [4.78, 5) is 15.4. The molecule has 0 spiro atoms. The number of hydrogen-bond donors (Lipinski definition) is 0. The van der Waals surface area contributed by atoms with E-state index in [2.05, 4.69) is 0 Å². The Morgan fingerprint density at radius 1 is 1.13 bits per heavy atom. The minimum Gasteiger partial charge on any atom is -0.497 e. The molecule has 4 nitrogen and oxygen atoms in total. The lowest BCUT2D eigenvalue weighted by atomic mass is 10.1. The summed E-state index contributed by atoms with van der Waals surface area (Å²) >= 11 is 1.57. The molecule has 0 atom stereocenters. The van der Waals surface area contributed by atoms with Crippen molar-refractivity contribution in [3.63, 3.8) is 0 Å². The fraction of sp³-hybridized carbons (Fsp3) is 0.278. The minimum absolute atomic E-state index is 0.00665. The van der Waals surface area contributed by atoms with E-state index in [1.165, 1.54) is 0 Å². The number of nitrogens with zero attached hydrogens (tertiary/aromatic N) is 1. The van der Waals surface area contributed by atoms with Gasteiger partial charge >= 0.3 is 0 Å². The van der Waals surface area contributed by atoms with Gasteiger partial charge in [0.05, 0.1) is 19.8 Å². The van der Waals surface area contributed by atoms with Crippen molar-refractivity contribution in [2.45, 2.75) is 11.4 Å². The van der Waals surface area contributed by atoms with E-state index < -0.39 is 0 Å². The first-order valence-corrected chi connectivity index (χ1v) is 8.42. The third kappa shape index (κ3) is 3.99. The Kier molecular flexibility index (Phi) is 5.93. The Morgan fingerprint density at radius 2 is 1.87 bits per heavy atom. The molecule has 0 unspecified atom stereocenters. The van der Waals surface area contributed by atoms with E-state index in [1.807, 2.05) is 48.7 Å². The predicted molar refractivity (Wildman–Crippen MR) is 93.6 cm³/mol. The summed E-state index contributed by atoms with van der Waals surface area (Å²) in [6.07, 6.45) is 1.97. The number of thioether (sulfide) groups is 1. The highest BCUT2D eigenvalue weighted by Gasteiger charge is 2.17. The summed E-state index contributed by atoms with van der Waals surface area (Å²) in [5.41, 5.74) is 1.65. The van der Waals surface area contributed by atoms with Gasteiger partial charge < -0.3 is 14.4 Å². The fourth-order valence-corrected chi connectivity index (χ4v) is 2.93. The molecule has 2 aromatic rings. The number of carbonyl (C=O) groups excluding carboxylic acids is 1. The van der Waals surface area contributed by atoms with Gasteiger partial charge in [-0.2, -0.15) is 0 Å². The molecule has 0 aromatic heterocycles. The molecule has 23 heavy (non-hydrogen) atoms. The molecule has 0 radical (unpaired) electrons. The van der Waals surface area contributed by atoms with E-state index >= 15 is 0 Å². The van der Waals surface area contributed by atoms with Gasteiger partial charge in [0, 0.05) is 30.1 Å². The van der Waals surface area contributed by atoms with Crippen molar-refractivity contribution in [2.24, 2.45) is 0 Å². The van der Waals surface area contributed by atoms with Crippen LogP contribution >= 0.6 is 11.8 Å². The van der Waals surface area contributed by atoms with Crippen LogP contribution in [-0.2, 0) is 6.54 Å². The van der Waals surface area contributed by atoms with Gasteiger partial charge in [0.1, 0.15) is 11.5 Å². The van der Waals surface area contributed by atoms with Gasteiger partial charge in [-0.05, 0) is 30.5 Å². The Bertz CT molecular complexity index is 688. The number of carbonyl (C=O) groups is 1. The first-order chi connectivity index (χ1) is 11.1. The van der Waals surface area contributed by atoms with Crippen LogP contribution in [0.25, 0.3) is 0 Å². The predicted octanol–water partition coefficient (Wildman–Crippen LogP) is 3.70. The van der Waals surface area contributed by atoms with E-state index in [4.69, 9.17) is 9.47 Å². The number of methoxy groups -OCH3 is 2. The van der Waals surface area contributed by atoms with Gasteiger partial charge in [-0.1, -0.05) is 12.1 Å². The van der Waals surface area contributed by atoms with Crippen molar-refractivity contribution in [2.75, 3.05) is 27.5 Å². The molecular weight excluding hydrogens is 310 g/mol. The number of benzene rings is 2. The van der Waals surface area contributed by atoms with E-state index in [-0.39, 0.29) is 5.91 Å². The molecule has 0 aliphatic carbocycles. The molecule has 0 aliphatic heterocycles. The normalized spacial score (nSPS) is 10.3. The summed E-state index contributed by atoms with van der Waals surface area (Å²) in [5.74, 6) is 1.43. The Balaban J connectivity index is 2.21. The SMILES string of the molecule is COc1ccc(CN(C)C(=O)c2ccccc2SC)c(OC)c1. The quantitative estimate of drug-likeness (QED) is 0.757. The average molecular weight is 331 g/mol. The van der Waals surface area contributed by atoms with Gasteiger partial charge in [-0.15, -0.1) is 11.8 Å². The summed E-state index contributed by atoms with van der Waals surface area (Å²) in [7, 11) is 5.02. The average Bonchev–Trinajstić information content (AvgIpc) is 2.61. The van der Waals surface area contributed by atoms with Gasteiger partial charge in [0.25, 0.3) is 5.91 Å². The fourth-order valence-electron chi connectivity index (χ4n) is 2.34. The summed E-state index contributed by atoms with van der Waals surface area (Å²) in [6, 6.07) is 13.2. The topological polar surface area (TPSA) is 38.8 Å². The van der Waals surface area contributed by atoms with E-state index in [0.29, 0.717) is 12.3 Å². The van der Waals surface area contributed by atoms with Crippen LogP contribution in [0.15, 0.2) is 47.4 Å². The van der Waals surface area contributed by atoms with Crippen LogP contribution in [0.2, 0.25) is 0 Å². The van der Waals surface area contributed by atoms with Gasteiger partial charge in [-0.3, -0.25) is 4.79 Å². The van der Waals surface area contributed by atoms with Crippen LogP contribution in [0.1, 0.15) is 15.9 Å². The van der Waals surface area contributed by atoms with Crippen molar-refractivity contribution in [1.29, 1.82) is 0 Å². The zero-order valence-corrected chi connectivity index (χ0v) is 14.6. The smallest absolute Gasteiger partial charge is 0.255 e. The molecule has 2 rings (SSSR count).